The predicted molar refractivity (Wildman–Crippen MR) is 113 cm³/mol. The van der Waals surface area contributed by atoms with Gasteiger partial charge in [0.2, 0.25) is 0 Å². The van der Waals surface area contributed by atoms with Crippen LogP contribution in [0.25, 0.3) is 0 Å². The lowest BCUT2D eigenvalue weighted by atomic mass is 9.88. The standard InChI is InChI=1S/C21H35N3OS/c1-22-9-11-24(12-10-22)19-7-5-18(6-8-19)17-23(2)20-15-21(16-20)25-13-4-14-26-3/h5-8,20-21H,4,9-17H2,1-3H3/t20-,21-. The Morgan fingerprint density at radius 3 is 2.46 bits per heavy atom. The van der Waals surface area contributed by atoms with Crippen LogP contribution in [-0.2, 0) is 11.3 Å². The van der Waals surface area contributed by atoms with Gasteiger partial charge in [-0.1, -0.05) is 12.1 Å². The van der Waals surface area contributed by atoms with Crippen LogP contribution in [0.2, 0.25) is 0 Å². The number of hydrogen-bond acceptors (Lipinski definition) is 5. The van der Waals surface area contributed by atoms with Crippen LogP contribution in [0.3, 0.4) is 0 Å². The monoisotopic (exact) mass is 377 g/mol. The summed E-state index contributed by atoms with van der Waals surface area (Å²) in [6.07, 6.45) is 6.21. The van der Waals surface area contributed by atoms with Crippen molar-refractivity contribution in [2.24, 2.45) is 0 Å². The average Bonchev–Trinajstić information content (AvgIpc) is 2.61. The summed E-state index contributed by atoms with van der Waals surface area (Å²) >= 11 is 1.90. The number of likely N-dealkylation sites (N-methyl/N-ethyl adjacent to an activating group) is 1. The van der Waals surface area contributed by atoms with Crippen molar-refractivity contribution in [2.75, 3.05) is 63.8 Å². The molecule has 0 aromatic heterocycles. The molecule has 1 aromatic carbocycles. The summed E-state index contributed by atoms with van der Waals surface area (Å²) in [6, 6.07) is 9.89. The minimum Gasteiger partial charge on any atom is -0.378 e. The van der Waals surface area contributed by atoms with Crippen LogP contribution in [0.1, 0.15) is 24.8 Å². The fourth-order valence-corrected chi connectivity index (χ4v) is 4.19. The second kappa shape index (κ2) is 9.98. The van der Waals surface area contributed by atoms with E-state index in [4.69, 9.17) is 4.74 Å². The molecule has 2 aliphatic rings. The number of benzene rings is 1. The summed E-state index contributed by atoms with van der Waals surface area (Å²) in [5.74, 6) is 1.21. The molecule has 5 heteroatoms. The molecule has 1 aliphatic carbocycles. The summed E-state index contributed by atoms with van der Waals surface area (Å²) in [5.41, 5.74) is 2.78. The van der Waals surface area contributed by atoms with Gasteiger partial charge < -0.3 is 14.5 Å². The number of thioether (sulfide) groups is 1. The van der Waals surface area contributed by atoms with Crippen molar-refractivity contribution in [2.45, 2.75) is 38.0 Å². The van der Waals surface area contributed by atoms with Crippen LogP contribution in [0.5, 0.6) is 0 Å². The zero-order valence-corrected chi connectivity index (χ0v) is 17.5. The molecular formula is C21H35N3OS. The van der Waals surface area contributed by atoms with Crippen molar-refractivity contribution < 1.29 is 4.74 Å². The van der Waals surface area contributed by atoms with Crippen LogP contribution in [0.15, 0.2) is 24.3 Å². The molecule has 3 rings (SSSR count). The molecule has 1 heterocycles. The van der Waals surface area contributed by atoms with Gasteiger partial charge in [0.15, 0.2) is 0 Å². The Morgan fingerprint density at radius 1 is 1.12 bits per heavy atom. The lowest BCUT2D eigenvalue weighted by Crippen LogP contribution is -2.46. The maximum absolute atomic E-state index is 5.95. The molecule has 26 heavy (non-hydrogen) atoms. The summed E-state index contributed by atoms with van der Waals surface area (Å²) < 4.78 is 5.95. The molecule has 146 valence electrons. The highest BCUT2D eigenvalue weighted by atomic mass is 32.2. The number of piperazine rings is 1. The molecule has 0 unspecified atom stereocenters. The lowest BCUT2D eigenvalue weighted by molar-refractivity contribution is -0.0463. The second-order valence-electron chi connectivity index (χ2n) is 7.84. The molecule has 0 atom stereocenters. The van der Waals surface area contributed by atoms with Crippen molar-refractivity contribution in [3.8, 4) is 0 Å². The zero-order chi connectivity index (χ0) is 18.4. The maximum atomic E-state index is 5.95. The predicted octanol–water partition coefficient (Wildman–Crippen LogP) is 3.17. The minimum atomic E-state index is 0.490. The number of hydrogen-bond donors (Lipinski definition) is 0. The van der Waals surface area contributed by atoms with Crippen LogP contribution in [-0.4, -0.2) is 80.8 Å². The van der Waals surface area contributed by atoms with Crippen LogP contribution >= 0.6 is 11.8 Å². The van der Waals surface area contributed by atoms with E-state index < -0.39 is 0 Å². The number of anilines is 1. The smallest absolute Gasteiger partial charge is 0.0605 e. The molecule has 2 fully saturated rings. The van der Waals surface area contributed by atoms with Crippen LogP contribution in [0, 0.1) is 0 Å². The highest BCUT2D eigenvalue weighted by molar-refractivity contribution is 7.98. The van der Waals surface area contributed by atoms with Gasteiger partial charge in [-0.15, -0.1) is 0 Å². The summed E-state index contributed by atoms with van der Waals surface area (Å²) in [7, 11) is 4.46. The highest BCUT2D eigenvalue weighted by Crippen LogP contribution is 2.29. The van der Waals surface area contributed by atoms with Gasteiger partial charge in [0.1, 0.15) is 0 Å². The molecule has 1 saturated heterocycles. The van der Waals surface area contributed by atoms with Gasteiger partial charge in [-0.3, -0.25) is 4.90 Å². The molecule has 0 amide bonds. The average molecular weight is 378 g/mol. The van der Waals surface area contributed by atoms with Crippen molar-refractivity contribution in [1.29, 1.82) is 0 Å². The topological polar surface area (TPSA) is 19.0 Å². The van der Waals surface area contributed by atoms with Gasteiger partial charge >= 0.3 is 0 Å². The van der Waals surface area contributed by atoms with Gasteiger partial charge in [-0.25, -0.2) is 0 Å². The third-order valence-electron chi connectivity index (χ3n) is 5.78. The molecule has 0 radical (unpaired) electrons. The van der Waals surface area contributed by atoms with Crippen molar-refractivity contribution in [1.82, 2.24) is 9.80 Å². The van der Waals surface area contributed by atoms with Gasteiger partial charge in [0.05, 0.1) is 6.10 Å². The Kier molecular flexibility index (Phi) is 7.67. The number of nitrogens with zero attached hydrogens (tertiary/aromatic N) is 3. The van der Waals surface area contributed by atoms with Crippen LogP contribution < -0.4 is 4.90 Å². The summed E-state index contributed by atoms with van der Waals surface area (Å²) in [5, 5.41) is 0. The van der Waals surface area contributed by atoms with Crippen molar-refractivity contribution in [3.05, 3.63) is 29.8 Å². The Balaban J connectivity index is 1.38. The van der Waals surface area contributed by atoms with E-state index in [0.717, 1.165) is 39.3 Å². The summed E-state index contributed by atoms with van der Waals surface area (Å²) in [6.45, 7) is 6.55. The summed E-state index contributed by atoms with van der Waals surface area (Å²) in [4.78, 5) is 7.39. The first kappa shape index (κ1) is 20.0. The Morgan fingerprint density at radius 2 is 1.81 bits per heavy atom. The minimum absolute atomic E-state index is 0.490. The Labute approximate surface area is 163 Å². The maximum Gasteiger partial charge on any atom is 0.0605 e. The second-order valence-corrected chi connectivity index (χ2v) is 8.82. The third-order valence-corrected chi connectivity index (χ3v) is 6.47. The molecule has 1 saturated carbocycles. The van der Waals surface area contributed by atoms with Gasteiger partial charge in [0.25, 0.3) is 0 Å². The lowest BCUT2D eigenvalue weighted by Gasteiger charge is -2.41. The SMILES string of the molecule is CSCCCO[C@H]1C[C@H](N(C)Cc2ccc(N3CCN(C)CC3)cc2)C1. The first-order valence-corrected chi connectivity index (χ1v) is 11.4. The zero-order valence-electron chi connectivity index (χ0n) is 16.7. The first-order valence-electron chi connectivity index (χ1n) is 9.99. The fraction of sp³-hybridized carbons (Fsp3) is 0.714. The molecule has 4 nitrogen and oxygen atoms in total. The van der Waals surface area contributed by atoms with E-state index in [0.29, 0.717) is 12.1 Å². The Hall–Kier alpha value is -0.750. The molecule has 0 spiro atoms. The van der Waals surface area contributed by atoms with E-state index in [1.54, 1.807) is 0 Å². The van der Waals surface area contributed by atoms with Crippen molar-refractivity contribution in [3.63, 3.8) is 0 Å². The highest BCUT2D eigenvalue weighted by Gasteiger charge is 2.32. The number of rotatable bonds is 9. The van der Waals surface area contributed by atoms with Crippen molar-refractivity contribution >= 4 is 17.4 Å². The normalized spacial score (nSPS) is 24.1. The van der Waals surface area contributed by atoms with Crippen LogP contribution in [0.4, 0.5) is 5.69 Å². The van der Waals surface area contributed by atoms with E-state index in [9.17, 15) is 0 Å². The fourth-order valence-electron chi connectivity index (χ4n) is 3.78. The first-order chi connectivity index (χ1) is 12.7. The molecule has 1 aromatic rings. The van der Waals surface area contributed by atoms with Gasteiger partial charge in [-0.05, 0) is 63.1 Å². The quantitative estimate of drug-likeness (QED) is 0.614. The van der Waals surface area contributed by atoms with E-state index in [1.807, 2.05) is 11.8 Å². The largest absolute Gasteiger partial charge is 0.378 e. The number of ether oxygens (including phenoxy) is 1. The van der Waals surface area contributed by atoms with E-state index >= 15 is 0 Å². The molecular weight excluding hydrogens is 342 g/mol. The van der Waals surface area contributed by atoms with Gasteiger partial charge in [-0.2, -0.15) is 11.8 Å². The Bertz CT molecular complexity index is 525. The van der Waals surface area contributed by atoms with E-state index in [2.05, 4.69) is 59.3 Å². The van der Waals surface area contributed by atoms with E-state index in [1.165, 1.54) is 36.3 Å². The molecule has 0 N–H and O–H groups in total. The third kappa shape index (κ3) is 5.62. The van der Waals surface area contributed by atoms with Gasteiger partial charge in [0, 0.05) is 51.1 Å². The molecule has 1 aliphatic heterocycles. The molecule has 0 bridgehead atoms. The van der Waals surface area contributed by atoms with E-state index in [-0.39, 0.29) is 0 Å².